The standard InChI is InChI=1S/C19H23F2N3O3S/c1-19(2,3)22-17(26)15-9-28-10-24(15)18(27)11-6-16(25)23(8-11)14-5-4-12(20)7-13(14)21/h4-5,7,11,15H,6,8-10H2,1-3H3,(H,22,26). The van der Waals surface area contributed by atoms with Gasteiger partial charge >= 0.3 is 0 Å². The first-order valence-corrected chi connectivity index (χ1v) is 10.2. The lowest BCUT2D eigenvalue weighted by molar-refractivity contribution is -0.141. The molecule has 0 spiro atoms. The molecule has 9 heteroatoms. The highest BCUT2D eigenvalue weighted by Gasteiger charge is 2.43. The Balaban J connectivity index is 1.72. The van der Waals surface area contributed by atoms with Crippen LogP contribution in [0.5, 0.6) is 0 Å². The molecule has 2 aliphatic heterocycles. The second-order valence-corrected chi connectivity index (χ2v) is 9.06. The Kier molecular flexibility index (Phi) is 5.65. The molecule has 1 aromatic carbocycles. The van der Waals surface area contributed by atoms with E-state index in [2.05, 4.69) is 5.32 Å². The van der Waals surface area contributed by atoms with Crippen LogP contribution in [0.3, 0.4) is 0 Å². The molecule has 0 saturated carbocycles. The van der Waals surface area contributed by atoms with Crippen molar-refractivity contribution in [2.24, 2.45) is 5.92 Å². The van der Waals surface area contributed by atoms with Crippen molar-refractivity contribution in [2.45, 2.75) is 38.8 Å². The van der Waals surface area contributed by atoms with Crippen molar-refractivity contribution >= 4 is 35.2 Å². The van der Waals surface area contributed by atoms with Crippen LogP contribution in [0.2, 0.25) is 0 Å². The van der Waals surface area contributed by atoms with Gasteiger partial charge in [-0.3, -0.25) is 14.4 Å². The van der Waals surface area contributed by atoms with E-state index in [1.165, 1.54) is 27.6 Å². The molecule has 152 valence electrons. The van der Waals surface area contributed by atoms with Crippen molar-refractivity contribution in [3.63, 3.8) is 0 Å². The molecule has 2 saturated heterocycles. The number of halogens is 2. The minimum Gasteiger partial charge on any atom is -0.350 e. The van der Waals surface area contributed by atoms with Gasteiger partial charge in [-0.1, -0.05) is 0 Å². The molecule has 6 nitrogen and oxygen atoms in total. The number of anilines is 1. The number of hydrogen-bond donors (Lipinski definition) is 1. The molecule has 0 radical (unpaired) electrons. The summed E-state index contributed by atoms with van der Waals surface area (Å²) in [5, 5.41) is 2.88. The van der Waals surface area contributed by atoms with Gasteiger partial charge in [0.05, 0.1) is 17.5 Å². The van der Waals surface area contributed by atoms with E-state index in [9.17, 15) is 23.2 Å². The summed E-state index contributed by atoms with van der Waals surface area (Å²) >= 11 is 1.48. The van der Waals surface area contributed by atoms with Gasteiger partial charge in [-0.2, -0.15) is 0 Å². The first-order valence-electron chi connectivity index (χ1n) is 9.02. The van der Waals surface area contributed by atoms with Crippen molar-refractivity contribution in [1.82, 2.24) is 10.2 Å². The summed E-state index contributed by atoms with van der Waals surface area (Å²) < 4.78 is 27.2. The number of thioether (sulfide) groups is 1. The molecule has 0 aliphatic carbocycles. The quantitative estimate of drug-likeness (QED) is 0.827. The van der Waals surface area contributed by atoms with E-state index in [0.717, 1.165) is 6.07 Å². The third kappa shape index (κ3) is 4.29. The first-order chi connectivity index (χ1) is 13.1. The number of hydrogen-bond acceptors (Lipinski definition) is 4. The summed E-state index contributed by atoms with van der Waals surface area (Å²) in [5.74, 6) is -2.30. The maximum Gasteiger partial charge on any atom is 0.244 e. The highest BCUT2D eigenvalue weighted by Crippen LogP contribution is 2.31. The molecule has 0 aromatic heterocycles. The predicted octanol–water partition coefficient (Wildman–Crippen LogP) is 2.13. The van der Waals surface area contributed by atoms with E-state index in [1.54, 1.807) is 0 Å². The summed E-state index contributed by atoms with van der Waals surface area (Å²) in [6.07, 6.45) is -0.0651. The molecular formula is C19H23F2N3O3S. The molecule has 1 N–H and O–H groups in total. The van der Waals surface area contributed by atoms with Crippen molar-refractivity contribution < 1.29 is 23.2 Å². The van der Waals surface area contributed by atoms with Crippen molar-refractivity contribution in [3.8, 4) is 0 Å². The normalized spacial score (nSPS) is 22.7. The zero-order valence-corrected chi connectivity index (χ0v) is 16.8. The molecule has 0 bridgehead atoms. The molecule has 2 fully saturated rings. The number of carbonyl (C=O) groups excluding carboxylic acids is 3. The summed E-state index contributed by atoms with van der Waals surface area (Å²) in [5.41, 5.74) is -0.459. The van der Waals surface area contributed by atoms with E-state index >= 15 is 0 Å². The molecular weight excluding hydrogens is 388 g/mol. The molecule has 3 amide bonds. The lowest BCUT2D eigenvalue weighted by Gasteiger charge is -2.29. The second kappa shape index (κ2) is 7.69. The van der Waals surface area contributed by atoms with Gasteiger partial charge in [0, 0.05) is 30.3 Å². The summed E-state index contributed by atoms with van der Waals surface area (Å²) in [4.78, 5) is 40.5. The summed E-state index contributed by atoms with van der Waals surface area (Å²) in [6.45, 7) is 5.60. The average Bonchev–Trinajstić information content (AvgIpc) is 3.20. The Bertz CT molecular complexity index is 812. The van der Waals surface area contributed by atoms with Crippen molar-refractivity contribution in [1.29, 1.82) is 0 Å². The maximum absolute atomic E-state index is 14.0. The Morgan fingerprint density at radius 2 is 1.96 bits per heavy atom. The number of carbonyl (C=O) groups is 3. The zero-order valence-electron chi connectivity index (χ0n) is 16.0. The molecule has 2 atom stereocenters. The minimum atomic E-state index is -0.847. The van der Waals surface area contributed by atoms with Crippen LogP contribution in [-0.2, 0) is 14.4 Å². The zero-order chi connectivity index (χ0) is 20.6. The first kappa shape index (κ1) is 20.6. The van der Waals surface area contributed by atoms with Crippen LogP contribution in [0.25, 0.3) is 0 Å². The summed E-state index contributed by atoms with van der Waals surface area (Å²) in [6, 6.07) is 2.39. The van der Waals surface area contributed by atoms with Gasteiger partial charge in [-0.25, -0.2) is 8.78 Å². The Labute approximate surface area is 166 Å². The van der Waals surface area contributed by atoms with Crippen LogP contribution in [-0.4, -0.2) is 52.4 Å². The van der Waals surface area contributed by atoms with E-state index in [-0.39, 0.29) is 30.5 Å². The van der Waals surface area contributed by atoms with Gasteiger partial charge in [-0.15, -0.1) is 11.8 Å². The Hall–Kier alpha value is -2.16. The van der Waals surface area contributed by atoms with E-state index in [4.69, 9.17) is 0 Å². The van der Waals surface area contributed by atoms with Crippen LogP contribution in [0.1, 0.15) is 27.2 Å². The highest BCUT2D eigenvalue weighted by molar-refractivity contribution is 7.99. The topological polar surface area (TPSA) is 69.7 Å². The third-order valence-electron chi connectivity index (χ3n) is 4.64. The molecule has 2 unspecified atom stereocenters. The molecule has 2 aliphatic rings. The minimum absolute atomic E-state index is 0.00892. The lowest BCUT2D eigenvalue weighted by atomic mass is 10.1. The molecule has 3 rings (SSSR count). The van der Waals surface area contributed by atoms with Gasteiger partial charge in [0.2, 0.25) is 17.7 Å². The fourth-order valence-electron chi connectivity index (χ4n) is 3.37. The largest absolute Gasteiger partial charge is 0.350 e. The summed E-state index contributed by atoms with van der Waals surface area (Å²) in [7, 11) is 0. The number of rotatable bonds is 3. The third-order valence-corrected chi connectivity index (χ3v) is 5.65. The van der Waals surface area contributed by atoms with Crippen LogP contribution < -0.4 is 10.2 Å². The smallest absolute Gasteiger partial charge is 0.244 e. The van der Waals surface area contributed by atoms with Gasteiger partial charge in [0.15, 0.2) is 0 Å². The monoisotopic (exact) mass is 411 g/mol. The van der Waals surface area contributed by atoms with Crippen LogP contribution in [0, 0.1) is 17.6 Å². The molecule has 2 heterocycles. The Morgan fingerprint density at radius 3 is 2.61 bits per heavy atom. The second-order valence-electron chi connectivity index (χ2n) is 8.06. The van der Waals surface area contributed by atoms with Crippen LogP contribution in [0.15, 0.2) is 18.2 Å². The maximum atomic E-state index is 14.0. The fraction of sp³-hybridized carbons (Fsp3) is 0.526. The van der Waals surface area contributed by atoms with Crippen molar-refractivity contribution in [3.05, 3.63) is 29.8 Å². The van der Waals surface area contributed by atoms with Gasteiger partial charge in [0.25, 0.3) is 0 Å². The van der Waals surface area contributed by atoms with Gasteiger partial charge in [0.1, 0.15) is 17.7 Å². The fourth-order valence-corrected chi connectivity index (χ4v) is 4.53. The van der Waals surface area contributed by atoms with E-state index < -0.39 is 35.0 Å². The lowest BCUT2D eigenvalue weighted by Crippen LogP contribution is -2.53. The number of nitrogens with zero attached hydrogens (tertiary/aromatic N) is 2. The number of amides is 3. The van der Waals surface area contributed by atoms with Crippen LogP contribution >= 0.6 is 11.8 Å². The SMILES string of the molecule is CC(C)(C)NC(=O)C1CSCN1C(=O)C1CC(=O)N(c2ccc(F)cc2F)C1. The highest BCUT2D eigenvalue weighted by atomic mass is 32.2. The molecule has 28 heavy (non-hydrogen) atoms. The van der Waals surface area contributed by atoms with E-state index in [1.807, 2.05) is 20.8 Å². The van der Waals surface area contributed by atoms with Gasteiger partial charge < -0.3 is 15.1 Å². The van der Waals surface area contributed by atoms with Crippen molar-refractivity contribution in [2.75, 3.05) is 23.1 Å². The average molecular weight is 411 g/mol. The number of nitrogens with one attached hydrogen (secondary N) is 1. The predicted molar refractivity (Wildman–Crippen MR) is 103 cm³/mol. The number of benzene rings is 1. The van der Waals surface area contributed by atoms with E-state index in [0.29, 0.717) is 17.7 Å². The Morgan fingerprint density at radius 1 is 1.25 bits per heavy atom. The van der Waals surface area contributed by atoms with Gasteiger partial charge in [-0.05, 0) is 32.9 Å². The van der Waals surface area contributed by atoms with Crippen LogP contribution in [0.4, 0.5) is 14.5 Å². The molecule has 1 aromatic rings.